The van der Waals surface area contributed by atoms with Gasteiger partial charge in [-0.05, 0) is 235 Å². The number of hydrogen-bond donors (Lipinski definition) is 0. The third kappa shape index (κ3) is 30.9. The van der Waals surface area contributed by atoms with Crippen molar-refractivity contribution in [3.05, 3.63) is 217 Å². The van der Waals surface area contributed by atoms with Crippen molar-refractivity contribution < 1.29 is 114 Å². The standard InChI is InChI=1S/C39H44O10.C37H36O14/c1-4-36(40)46-26-12-8-6-10-24-44-32-18-14-30(15-19-32)38(42)48-34-22-23-35(29(3)28-34)49-39(43)31-16-20-33(21-17-31)45-25-11-7-9-13-27-47-37(41)5-2;1-4-32(38)44-20-6-8-22-46-36(42)49-28-14-10-26(11-15-28)34(40)48-30-18-19-31(25(3)24-30)51-35(41)27-12-16-29(17-13-27)50-37(43)47-23-9-7-21-45-33(39)5-2/h4-5,14-23,28H,1-2,6-13,24-27H2,3H3;4-5,10-19,24H,1-2,6-9,20-23H2,3H3. The number of hydrogen-bond acceptors (Lipinski definition) is 24. The Labute approximate surface area is 579 Å². The topological polar surface area (TPSA) is 300 Å². The molecule has 6 aromatic carbocycles. The summed E-state index contributed by atoms with van der Waals surface area (Å²) >= 11 is 0. The van der Waals surface area contributed by atoms with Crippen molar-refractivity contribution in [3.8, 4) is 46.0 Å². The lowest BCUT2D eigenvalue weighted by Crippen LogP contribution is -2.13. The lowest BCUT2D eigenvalue weighted by molar-refractivity contribution is -0.138. The van der Waals surface area contributed by atoms with Gasteiger partial charge in [-0.1, -0.05) is 26.3 Å². The Bertz CT molecular complexity index is 3700. The highest BCUT2D eigenvalue weighted by Gasteiger charge is 2.18. The number of carbonyl (C=O) groups is 10. The molecule has 0 amide bonds. The van der Waals surface area contributed by atoms with E-state index in [0.717, 1.165) is 75.7 Å². The van der Waals surface area contributed by atoms with Crippen LogP contribution in [-0.2, 0) is 47.6 Å². The Morgan fingerprint density at radius 2 is 0.510 bits per heavy atom. The summed E-state index contributed by atoms with van der Waals surface area (Å²) in [6.07, 6.45) is 11.5. The molecule has 0 heterocycles. The predicted molar refractivity (Wildman–Crippen MR) is 363 cm³/mol. The Balaban J connectivity index is 0.000000361. The van der Waals surface area contributed by atoms with E-state index >= 15 is 0 Å². The summed E-state index contributed by atoms with van der Waals surface area (Å²) in [6, 6.07) is 33.9. The van der Waals surface area contributed by atoms with E-state index in [4.69, 9.17) is 66.3 Å². The monoisotopic (exact) mass is 1380 g/mol. The summed E-state index contributed by atoms with van der Waals surface area (Å²) in [5, 5.41) is 0. The van der Waals surface area contributed by atoms with Crippen LogP contribution in [0, 0.1) is 13.8 Å². The molecular formula is C76H80O24. The quantitative estimate of drug-likeness (QED) is 0.00862. The molecule has 6 rings (SSSR count). The number of carbonyl (C=O) groups excluding carboxylic acids is 10. The number of rotatable bonds is 40. The van der Waals surface area contributed by atoms with Gasteiger partial charge in [0.25, 0.3) is 0 Å². The molecule has 0 fully saturated rings. The van der Waals surface area contributed by atoms with Gasteiger partial charge in [0.2, 0.25) is 0 Å². The maximum Gasteiger partial charge on any atom is 0.513 e. The maximum absolute atomic E-state index is 12.8. The largest absolute Gasteiger partial charge is 0.513 e. The number of unbranched alkanes of at least 4 members (excludes halogenated alkanes) is 8. The molecule has 0 atom stereocenters. The van der Waals surface area contributed by atoms with Crippen LogP contribution in [0.15, 0.2) is 184 Å². The Hall–Kier alpha value is -11.8. The van der Waals surface area contributed by atoms with E-state index in [1.165, 1.54) is 66.7 Å². The van der Waals surface area contributed by atoms with Gasteiger partial charge in [-0.3, -0.25) is 0 Å². The van der Waals surface area contributed by atoms with Gasteiger partial charge in [-0.15, -0.1) is 0 Å². The van der Waals surface area contributed by atoms with Gasteiger partial charge < -0.3 is 66.3 Å². The zero-order chi connectivity index (χ0) is 72.3. The average Bonchev–Trinajstić information content (AvgIpc) is 0.903. The number of benzene rings is 6. The van der Waals surface area contributed by atoms with Gasteiger partial charge in [-0.2, -0.15) is 0 Å². The van der Waals surface area contributed by atoms with Gasteiger partial charge in [0.1, 0.15) is 46.0 Å². The van der Waals surface area contributed by atoms with Crippen LogP contribution in [0.5, 0.6) is 46.0 Å². The smallest absolute Gasteiger partial charge is 0.494 e. The summed E-state index contributed by atoms with van der Waals surface area (Å²) in [7, 11) is 0. The summed E-state index contributed by atoms with van der Waals surface area (Å²) in [6.45, 7) is 19.1. The van der Waals surface area contributed by atoms with Crippen LogP contribution in [0.2, 0.25) is 0 Å². The molecule has 0 N–H and O–H groups in total. The molecule has 0 aliphatic carbocycles. The van der Waals surface area contributed by atoms with Crippen LogP contribution >= 0.6 is 0 Å². The third-order valence-corrected chi connectivity index (χ3v) is 13.7. The lowest BCUT2D eigenvalue weighted by atomic mass is 10.2. The van der Waals surface area contributed by atoms with Crippen molar-refractivity contribution in [1.29, 1.82) is 0 Å². The Kier molecular flexibility index (Phi) is 35.4. The molecule has 100 heavy (non-hydrogen) atoms. The minimum Gasteiger partial charge on any atom is -0.494 e. The van der Waals surface area contributed by atoms with Crippen LogP contribution in [0.3, 0.4) is 0 Å². The lowest BCUT2D eigenvalue weighted by Gasteiger charge is -2.11. The van der Waals surface area contributed by atoms with E-state index < -0.39 is 60.1 Å². The first-order valence-electron chi connectivity index (χ1n) is 32.0. The van der Waals surface area contributed by atoms with E-state index in [-0.39, 0.29) is 60.6 Å². The van der Waals surface area contributed by atoms with Crippen LogP contribution in [0.1, 0.15) is 130 Å². The van der Waals surface area contributed by atoms with Crippen LogP contribution in [-0.4, -0.2) is 113 Å². The van der Waals surface area contributed by atoms with E-state index in [9.17, 15) is 47.9 Å². The Morgan fingerprint density at radius 1 is 0.270 bits per heavy atom. The summed E-state index contributed by atoms with van der Waals surface area (Å²) in [5.74, 6) is -1.57. The summed E-state index contributed by atoms with van der Waals surface area (Å²) < 4.78 is 73.2. The maximum atomic E-state index is 12.8. The SMILES string of the molecule is C=CC(=O)OCCCCCCOc1ccc(C(=O)Oc2ccc(OC(=O)c3ccc(OCCCCCCOC(=O)C=C)cc3)c(C)c2)cc1.C=CC(=O)OCCCCOC(=O)Oc1ccc(C(=O)Oc2ccc(OC(=O)c3ccc(OC(=O)OCCCCOC(=O)C=C)cc3)c(C)c2)cc1. The molecule has 0 aliphatic rings. The van der Waals surface area contributed by atoms with Gasteiger partial charge in [0.05, 0.1) is 75.1 Å². The van der Waals surface area contributed by atoms with Gasteiger partial charge in [0, 0.05) is 24.3 Å². The van der Waals surface area contributed by atoms with Gasteiger partial charge >= 0.3 is 60.1 Å². The van der Waals surface area contributed by atoms with Crippen molar-refractivity contribution in [2.24, 2.45) is 0 Å². The fourth-order valence-corrected chi connectivity index (χ4v) is 8.33. The zero-order valence-electron chi connectivity index (χ0n) is 55.8. The van der Waals surface area contributed by atoms with Crippen molar-refractivity contribution in [3.63, 3.8) is 0 Å². The summed E-state index contributed by atoms with van der Waals surface area (Å²) in [5.41, 5.74) is 2.24. The first-order chi connectivity index (χ1) is 48.4. The molecule has 24 heteroatoms. The number of ether oxygens (including phenoxy) is 14. The molecule has 528 valence electrons. The van der Waals surface area contributed by atoms with E-state index in [1.807, 2.05) is 0 Å². The second-order valence-electron chi connectivity index (χ2n) is 21.3. The van der Waals surface area contributed by atoms with E-state index in [1.54, 1.807) is 80.6 Å². The molecule has 0 aliphatic heterocycles. The van der Waals surface area contributed by atoms with E-state index in [2.05, 4.69) is 26.3 Å². The second kappa shape index (κ2) is 44.8. The summed E-state index contributed by atoms with van der Waals surface area (Å²) in [4.78, 5) is 119. The minimum absolute atomic E-state index is 0.0665. The van der Waals surface area contributed by atoms with Crippen molar-refractivity contribution in [1.82, 2.24) is 0 Å². The fourth-order valence-electron chi connectivity index (χ4n) is 8.33. The molecule has 6 aromatic rings. The van der Waals surface area contributed by atoms with Gasteiger partial charge in [-0.25, -0.2) is 47.9 Å². The molecule has 0 bridgehead atoms. The minimum atomic E-state index is -0.927. The highest BCUT2D eigenvalue weighted by atomic mass is 16.7. The molecule has 0 radical (unpaired) electrons. The molecule has 24 nitrogen and oxygen atoms in total. The predicted octanol–water partition coefficient (Wildman–Crippen LogP) is 14.3. The average molecular weight is 1380 g/mol. The number of esters is 8. The highest BCUT2D eigenvalue weighted by molar-refractivity contribution is 5.94. The molecule has 0 saturated heterocycles. The first-order valence-corrected chi connectivity index (χ1v) is 32.0. The zero-order valence-corrected chi connectivity index (χ0v) is 55.8. The fraction of sp³-hybridized carbons (Fsp3) is 0.289. The molecule has 0 saturated carbocycles. The first kappa shape index (κ1) is 78.9. The molecule has 0 unspecified atom stereocenters. The molecule has 0 aromatic heterocycles. The third-order valence-electron chi connectivity index (χ3n) is 13.7. The molecular weight excluding hydrogens is 1300 g/mol. The van der Waals surface area contributed by atoms with Crippen LogP contribution in [0.4, 0.5) is 9.59 Å². The van der Waals surface area contributed by atoms with Crippen LogP contribution in [0.25, 0.3) is 0 Å². The van der Waals surface area contributed by atoms with Crippen molar-refractivity contribution in [2.75, 3.05) is 52.9 Å². The second-order valence-corrected chi connectivity index (χ2v) is 21.3. The van der Waals surface area contributed by atoms with Crippen molar-refractivity contribution >= 4 is 60.1 Å². The Morgan fingerprint density at radius 3 is 0.790 bits per heavy atom. The van der Waals surface area contributed by atoms with Crippen LogP contribution < -0.4 is 37.9 Å². The van der Waals surface area contributed by atoms with Gasteiger partial charge in [0.15, 0.2) is 0 Å². The van der Waals surface area contributed by atoms with Crippen molar-refractivity contribution in [2.45, 2.75) is 90.9 Å². The highest BCUT2D eigenvalue weighted by Crippen LogP contribution is 2.28. The molecule has 0 spiro atoms. The van der Waals surface area contributed by atoms with E-state index in [0.29, 0.717) is 97.4 Å². The number of aryl methyl sites for hydroxylation is 2. The normalized spacial score (nSPS) is 10.3.